The van der Waals surface area contributed by atoms with Gasteiger partial charge in [0.1, 0.15) is 5.75 Å². The second-order valence-electron chi connectivity index (χ2n) is 5.78. The van der Waals surface area contributed by atoms with Crippen molar-refractivity contribution in [2.45, 2.75) is 32.7 Å². The number of amides is 2. The lowest BCUT2D eigenvalue weighted by atomic mass is 10.1. The lowest BCUT2D eigenvalue weighted by molar-refractivity contribution is -0.132. The molecule has 25 heavy (non-hydrogen) atoms. The first kappa shape index (κ1) is 18.6. The molecule has 0 saturated carbocycles. The van der Waals surface area contributed by atoms with Crippen LogP contribution in [0.2, 0.25) is 0 Å². The normalized spacial score (nSPS) is 10.4. The first-order valence-corrected chi connectivity index (χ1v) is 8.48. The van der Waals surface area contributed by atoms with Crippen LogP contribution < -0.4 is 5.32 Å². The van der Waals surface area contributed by atoms with Crippen LogP contribution in [0, 0.1) is 0 Å². The zero-order valence-electron chi connectivity index (χ0n) is 14.4. The van der Waals surface area contributed by atoms with E-state index in [4.69, 9.17) is 4.42 Å². The molecule has 134 valence electrons. The van der Waals surface area contributed by atoms with Crippen LogP contribution in [-0.4, -0.2) is 34.9 Å². The summed E-state index contributed by atoms with van der Waals surface area (Å²) in [5.74, 6) is 0.190. The van der Waals surface area contributed by atoms with Crippen LogP contribution in [-0.2, 0) is 11.3 Å². The Bertz CT molecular complexity index is 682. The summed E-state index contributed by atoms with van der Waals surface area (Å²) in [7, 11) is 0. The van der Waals surface area contributed by atoms with Gasteiger partial charge < -0.3 is 19.7 Å². The van der Waals surface area contributed by atoms with E-state index in [1.165, 1.54) is 6.26 Å². The molecule has 0 unspecified atom stereocenters. The van der Waals surface area contributed by atoms with E-state index >= 15 is 0 Å². The number of para-hydroxylation sites is 1. The Morgan fingerprint density at radius 3 is 2.68 bits per heavy atom. The van der Waals surface area contributed by atoms with Crippen LogP contribution >= 0.6 is 0 Å². The van der Waals surface area contributed by atoms with Crippen LogP contribution in [0.15, 0.2) is 47.1 Å². The number of benzene rings is 1. The molecule has 0 aliphatic carbocycles. The Balaban J connectivity index is 1.79. The molecular weight excluding hydrogens is 320 g/mol. The number of carbonyl (C=O) groups excluding carboxylic acids is 2. The molecule has 1 aromatic carbocycles. The van der Waals surface area contributed by atoms with Gasteiger partial charge in [-0.2, -0.15) is 0 Å². The number of carbonyl (C=O) groups is 2. The Morgan fingerprint density at radius 2 is 2.00 bits per heavy atom. The van der Waals surface area contributed by atoms with Gasteiger partial charge in [0.15, 0.2) is 5.76 Å². The van der Waals surface area contributed by atoms with E-state index in [-0.39, 0.29) is 23.3 Å². The highest BCUT2D eigenvalue weighted by atomic mass is 16.3. The molecule has 0 aliphatic rings. The number of phenolic OH excluding ortho intramolecular Hbond substituents is 1. The van der Waals surface area contributed by atoms with Crippen molar-refractivity contribution in [2.24, 2.45) is 0 Å². The quantitative estimate of drug-likeness (QED) is 0.685. The van der Waals surface area contributed by atoms with E-state index in [1.807, 2.05) is 19.1 Å². The summed E-state index contributed by atoms with van der Waals surface area (Å²) in [4.78, 5) is 25.9. The van der Waals surface area contributed by atoms with E-state index in [2.05, 4.69) is 5.32 Å². The number of aromatic hydroxyl groups is 1. The van der Waals surface area contributed by atoms with E-state index in [1.54, 1.807) is 29.2 Å². The highest BCUT2D eigenvalue weighted by Crippen LogP contribution is 2.18. The first-order valence-electron chi connectivity index (χ1n) is 8.48. The summed E-state index contributed by atoms with van der Waals surface area (Å²) in [5, 5.41) is 12.6. The average Bonchev–Trinajstić information content (AvgIpc) is 3.14. The second-order valence-corrected chi connectivity index (χ2v) is 5.78. The molecule has 0 aliphatic heterocycles. The smallest absolute Gasteiger partial charge is 0.286 e. The minimum atomic E-state index is -0.280. The zero-order valence-corrected chi connectivity index (χ0v) is 14.4. The van der Waals surface area contributed by atoms with Crippen molar-refractivity contribution in [2.75, 3.05) is 13.1 Å². The molecule has 2 N–H and O–H groups in total. The van der Waals surface area contributed by atoms with Crippen molar-refractivity contribution in [3.05, 3.63) is 54.0 Å². The van der Waals surface area contributed by atoms with Crippen molar-refractivity contribution in [1.82, 2.24) is 10.2 Å². The van der Waals surface area contributed by atoms with Gasteiger partial charge in [0.2, 0.25) is 5.91 Å². The molecule has 0 saturated heterocycles. The van der Waals surface area contributed by atoms with Gasteiger partial charge in [-0.25, -0.2) is 0 Å². The number of nitrogens with one attached hydrogen (secondary N) is 1. The monoisotopic (exact) mass is 344 g/mol. The molecule has 2 amide bonds. The third-order valence-corrected chi connectivity index (χ3v) is 3.80. The Labute approximate surface area is 147 Å². The van der Waals surface area contributed by atoms with Gasteiger partial charge in [0, 0.05) is 31.6 Å². The van der Waals surface area contributed by atoms with Crippen molar-refractivity contribution in [3.8, 4) is 5.75 Å². The van der Waals surface area contributed by atoms with Gasteiger partial charge in [0.25, 0.3) is 5.91 Å². The number of furan rings is 1. The van der Waals surface area contributed by atoms with Crippen LogP contribution in [0.4, 0.5) is 0 Å². The van der Waals surface area contributed by atoms with Crippen LogP contribution in [0.3, 0.4) is 0 Å². The second kappa shape index (κ2) is 9.52. The largest absolute Gasteiger partial charge is 0.508 e. The standard InChI is InChI=1S/C19H24N2O4/c1-2-12-21(14-15-7-3-4-8-16(15)22)18(23)10-5-11-20-19(24)17-9-6-13-25-17/h3-4,6-9,13,22H,2,5,10-12,14H2,1H3,(H,20,24). The van der Waals surface area contributed by atoms with Gasteiger partial charge in [-0.3, -0.25) is 9.59 Å². The Kier molecular flexibility index (Phi) is 7.07. The summed E-state index contributed by atoms with van der Waals surface area (Å²) in [6.07, 6.45) is 3.17. The predicted octanol–water partition coefficient (Wildman–Crippen LogP) is 2.93. The molecule has 0 bridgehead atoms. The van der Waals surface area contributed by atoms with Crippen molar-refractivity contribution < 1.29 is 19.1 Å². The van der Waals surface area contributed by atoms with Gasteiger partial charge in [-0.1, -0.05) is 25.1 Å². The molecule has 0 atom stereocenters. The highest BCUT2D eigenvalue weighted by Gasteiger charge is 2.15. The van der Waals surface area contributed by atoms with E-state index < -0.39 is 0 Å². The van der Waals surface area contributed by atoms with Crippen LogP contribution in [0.1, 0.15) is 42.3 Å². The lowest BCUT2D eigenvalue weighted by Gasteiger charge is -2.22. The Hall–Kier alpha value is -2.76. The Morgan fingerprint density at radius 1 is 1.20 bits per heavy atom. The fraction of sp³-hybridized carbons (Fsp3) is 0.368. The topological polar surface area (TPSA) is 82.8 Å². The summed E-state index contributed by atoms with van der Waals surface area (Å²) in [6.45, 7) is 3.43. The number of rotatable bonds is 9. The fourth-order valence-corrected chi connectivity index (χ4v) is 2.51. The first-order chi connectivity index (χ1) is 12.1. The van der Waals surface area contributed by atoms with Crippen LogP contribution in [0.25, 0.3) is 0 Å². The number of hydrogen-bond donors (Lipinski definition) is 2. The van der Waals surface area contributed by atoms with Gasteiger partial charge in [0.05, 0.1) is 6.26 Å². The molecule has 6 nitrogen and oxygen atoms in total. The van der Waals surface area contributed by atoms with Gasteiger partial charge >= 0.3 is 0 Å². The SMILES string of the molecule is CCCN(Cc1ccccc1O)C(=O)CCCNC(=O)c1ccco1. The molecule has 2 aromatic rings. The molecule has 0 fully saturated rings. The maximum absolute atomic E-state index is 12.4. The van der Waals surface area contributed by atoms with Gasteiger partial charge in [-0.05, 0) is 31.0 Å². The number of nitrogens with zero attached hydrogens (tertiary/aromatic N) is 1. The summed E-state index contributed by atoms with van der Waals surface area (Å²) < 4.78 is 5.01. The molecule has 1 heterocycles. The summed E-state index contributed by atoms with van der Waals surface area (Å²) in [5.41, 5.74) is 0.732. The van der Waals surface area contributed by atoms with E-state index in [0.717, 1.165) is 12.0 Å². The third-order valence-electron chi connectivity index (χ3n) is 3.80. The molecule has 0 spiro atoms. The van der Waals surface area contributed by atoms with E-state index in [0.29, 0.717) is 32.5 Å². The lowest BCUT2D eigenvalue weighted by Crippen LogP contribution is -2.32. The molecule has 0 radical (unpaired) electrons. The van der Waals surface area contributed by atoms with E-state index in [9.17, 15) is 14.7 Å². The minimum absolute atomic E-state index is 0.0114. The predicted molar refractivity (Wildman–Crippen MR) is 94.1 cm³/mol. The minimum Gasteiger partial charge on any atom is -0.508 e. The zero-order chi connectivity index (χ0) is 18.1. The summed E-state index contributed by atoms with van der Waals surface area (Å²) >= 11 is 0. The van der Waals surface area contributed by atoms with Crippen molar-refractivity contribution in [3.63, 3.8) is 0 Å². The third kappa shape index (κ3) is 5.67. The number of hydrogen-bond acceptors (Lipinski definition) is 4. The van der Waals surface area contributed by atoms with Crippen molar-refractivity contribution in [1.29, 1.82) is 0 Å². The van der Waals surface area contributed by atoms with Crippen molar-refractivity contribution >= 4 is 11.8 Å². The molecule has 1 aromatic heterocycles. The van der Waals surface area contributed by atoms with Crippen LogP contribution in [0.5, 0.6) is 5.75 Å². The average molecular weight is 344 g/mol. The fourth-order valence-electron chi connectivity index (χ4n) is 2.51. The summed E-state index contributed by atoms with van der Waals surface area (Å²) in [6, 6.07) is 10.3. The molecule has 2 rings (SSSR count). The number of phenols is 1. The maximum atomic E-state index is 12.4. The highest BCUT2D eigenvalue weighted by molar-refractivity contribution is 5.91. The molecular formula is C19H24N2O4. The maximum Gasteiger partial charge on any atom is 0.286 e. The molecule has 6 heteroatoms. The van der Waals surface area contributed by atoms with Gasteiger partial charge in [-0.15, -0.1) is 0 Å².